The maximum atomic E-state index is 12.4. The lowest BCUT2D eigenvalue weighted by atomic mass is 9.79. The number of methoxy groups -OCH3 is 1. The maximum absolute atomic E-state index is 12.4. The quantitative estimate of drug-likeness (QED) is 0.845. The van der Waals surface area contributed by atoms with E-state index in [1.54, 1.807) is 7.11 Å². The summed E-state index contributed by atoms with van der Waals surface area (Å²) >= 11 is 0. The van der Waals surface area contributed by atoms with Crippen molar-refractivity contribution < 1.29 is 9.53 Å². The van der Waals surface area contributed by atoms with E-state index in [1.807, 2.05) is 6.92 Å². The van der Waals surface area contributed by atoms with Gasteiger partial charge >= 0.3 is 0 Å². The molecular weight excluding hydrogens is 240 g/mol. The largest absolute Gasteiger partial charge is 0.376 e. The average molecular weight is 266 g/mol. The Morgan fingerprint density at radius 3 is 2.53 bits per heavy atom. The van der Waals surface area contributed by atoms with Crippen molar-refractivity contribution in [2.75, 3.05) is 13.7 Å². The summed E-state index contributed by atoms with van der Waals surface area (Å²) in [5.74, 6) is 0.906. The number of amides is 1. The van der Waals surface area contributed by atoms with Gasteiger partial charge in [-0.05, 0) is 44.9 Å². The standard InChI is InChI=1S/C15H26N2O2/c1-11-14(18)17(10-15(19-2)8-5-9-15)13(16-11)12-6-3-4-7-12/h11-13,16H,3-10H2,1-2H3. The topological polar surface area (TPSA) is 41.6 Å². The highest BCUT2D eigenvalue weighted by atomic mass is 16.5. The molecule has 0 radical (unpaired) electrons. The van der Waals surface area contributed by atoms with Gasteiger partial charge < -0.3 is 9.64 Å². The minimum Gasteiger partial charge on any atom is -0.376 e. The molecule has 1 amide bonds. The van der Waals surface area contributed by atoms with Gasteiger partial charge in [0, 0.05) is 7.11 Å². The van der Waals surface area contributed by atoms with Crippen LogP contribution in [0.15, 0.2) is 0 Å². The van der Waals surface area contributed by atoms with Crippen LogP contribution >= 0.6 is 0 Å². The second-order valence-electron chi connectivity index (χ2n) is 6.58. The Balaban J connectivity index is 1.73. The number of ether oxygens (including phenoxy) is 1. The summed E-state index contributed by atoms with van der Waals surface area (Å²) in [7, 11) is 1.79. The fraction of sp³-hybridized carbons (Fsp3) is 0.933. The minimum atomic E-state index is -0.0573. The van der Waals surface area contributed by atoms with Crippen molar-refractivity contribution in [2.24, 2.45) is 5.92 Å². The first-order valence-electron chi connectivity index (χ1n) is 7.77. The highest BCUT2D eigenvalue weighted by Gasteiger charge is 2.47. The molecule has 1 saturated heterocycles. The van der Waals surface area contributed by atoms with E-state index >= 15 is 0 Å². The van der Waals surface area contributed by atoms with Crippen molar-refractivity contribution in [3.8, 4) is 0 Å². The Kier molecular flexibility index (Phi) is 3.56. The Morgan fingerprint density at radius 1 is 1.32 bits per heavy atom. The van der Waals surface area contributed by atoms with Gasteiger partial charge in [-0.15, -0.1) is 0 Å². The SMILES string of the molecule is COC1(CN2C(=O)C(C)NC2C2CCCC2)CCC1. The highest BCUT2D eigenvalue weighted by Crippen LogP contribution is 2.39. The lowest BCUT2D eigenvalue weighted by molar-refractivity contribution is -0.141. The van der Waals surface area contributed by atoms with Gasteiger partial charge in [-0.3, -0.25) is 10.1 Å². The molecule has 2 aliphatic carbocycles. The summed E-state index contributed by atoms with van der Waals surface area (Å²) in [4.78, 5) is 14.5. The molecule has 2 atom stereocenters. The molecule has 108 valence electrons. The van der Waals surface area contributed by atoms with Crippen LogP contribution in [0.3, 0.4) is 0 Å². The third-order valence-electron chi connectivity index (χ3n) is 5.41. The van der Waals surface area contributed by atoms with Crippen LogP contribution < -0.4 is 5.32 Å². The van der Waals surface area contributed by atoms with Gasteiger partial charge in [-0.2, -0.15) is 0 Å². The molecule has 0 aromatic heterocycles. The zero-order valence-corrected chi connectivity index (χ0v) is 12.2. The Bertz CT molecular complexity index is 343. The molecule has 3 fully saturated rings. The number of carbonyl (C=O) groups excluding carboxylic acids is 1. The fourth-order valence-electron chi connectivity index (χ4n) is 3.95. The maximum Gasteiger partial charge on any atom is 0.240 e. The van der Waals surface area contributed by atoms with Crippen LogP contribution in [0.25, 0.3) is 0 Å². The molecule has 19 heavy (non-hydrogen) atoms. The summed E-state index contributed by atoms with van der Waals surface area (Å²) in [5.41, 5.74) is -0.0573. The van der Waals surface area contributed by atoms with Crippen molar-refractivity contribution >= 4 is 5.91 Å². The van der Waals surface area contributed by atoms with E-state index in [9.17, 15) is 4.79 Å². The fourth-order valence-corrected chi connectivity index (χ4v) is 3.95. The number of hydrogen-bond donors (Lipinski definition) is 1. The van der Waals surface area contributed by atoms with Gasteiger partial charge in [0.1, 0.15) is 0 Å². The van der Waals surface area contributed by atoms with Crippen LogP contribution in [0.1, 0.15) is 51.9 Å². The number of hydrogen-bond acceptors (Lipinski definition) is 3. The second-order valence-corrected chi connectivity index (χ2v) is 6.58. The summed E-state index contributed by atoms with van der Waals surface area (Å²) in [5, 5.41) is 3.51. The summed E-state index contributed by atoms with van der Waals surface area (Å²) < 4.78 is 5.71. The second kappa shape index (κ2) is 5.06. The van der Waals surface area contributed by atoms with Crippen molar-refractivity contribution in [2.45, 2.75) is 69.7 Å². The normalized spacial score (nSPS) is 34.8. The Hall–Kier alpha value is -0.610. The van der Waals surface area contributed by atoms with E-state index in [0.29, 0.717) is 5.92 Å². The Morgan fingerprint density at radius 2 is 2.00 bits per heavy atom. The molecule has 1 N–H and O–H groups in total. The predicted octanol–water partition coefficient (Wildman–Crippen LogP) is 1.89. The molecule has 0 aromatic carbocycles. The molecule has 2 unspecified atom stereocenters. The summed E-state index contributed by atoms with van der Waals surface area (Å²) in [6, 6.07) is -0.0282. The molecule has 0 bridgehead atoms. The summed E-state index contributed by atoms with van der Waals surface area (Å²) in [6.07, 6.45) is 8.81. The molecule has 3 rings (SSSR count). The lowest BCUT2D eigenvalue weighted by Gasteiger charge is -2.44. The number of nitrogens with one attached hydrogen (secondary N) is 1. The van der Waals surface area contributed by atoms with Crippen molar-refractivity contribution in [1.29, 1.82) is 0 Å². The van der Waals surface area contributed by atoms with Crippen molar-refractivity contribution in [3.63, 3.8) is 0 Å². The van der Waals surface area contributed by atoms with E-state index in [2.05, 4.69) is 10.2 Å². The van der Waals surface area contributed by atoms with Gasteiger partial charge in [0.05, 0.1) is 24.4 Å². The Labute approximate surface area is 115 Å². The first-order valence-corrected chi connectivity index (χ1v) is 7.77. The van der Waals surface area contributed by atoms with Gasteiger partial charge in [-0.1, -0.05) is 12.8 Å². The van der Waals surface area contributed by atoms with Crippen molar-refractivity contribution in [1.82, 2.24) is 10.2 Å². The minimum absolute atomic E-state index is 0.0282. The van der Waals surface area contributed by atoms with Crippen LogP contribution in [0.5, 0.6) is 0 Å². The first kappa shape index (κ1) is 13.4. The third kappa shape index (κ3) is 2.29. The molecule has 0 aromatic rings. The first-order chi connectivity index (χ1) is 9.15. The zero-order chi connectivity index (χ0) is 13.5. The molecule has 4 nitrogen and oxygen atoms in total. The predicted molar refractivity (Wildman–Crippen MR) is 73.6 cm³/mol. The van der Waals surface area contributed by atoms with Crippen LogP contribution in [-0.2, 0) is 9.53 Å². The molecule has 2 saturated carbocycles. The highest BCUT2D eigenvalue weighted by molar-refractivity contribution is 5.84. The van der Waals surface area contributed by atoms with Crippen molar-refractivity contribution in [3.05, 3.63) is 0 Å². The lowest BCUT2D eigenvalue weighted by Crippen LogP contribution is -2.54. The van der Waals surface area contributed by atoms with Crippen LogP contribution in [-0.4, -0.2) is 42.3 Å². The van der Waals surface area contributed by atoms with Gasteiger partial charge in [0.2, 0.25) is 5.91 Å². The third-order valence-corrected chi connectivity index (χ3v) is 5.41. The average Bonchev–Trinajstić information content (AvgIpc) is 2.96. The molecule has 0 spiro atoms. The van der Waals surface area contributed by atoms with Gasteiger partial charge in [0.25, 0.3) is 0 Å². The van der Waals surface area contributed by atoms with E-state index in [0.717, 1.165) is 19.4 Å². The van der Waals surface area contributed by atoms with E-state index in [4.69, 9.17) is 4.74 Å². The number of nitrogens with zero attached hydrogens (tertiary/aromatic N) is 1. The molecule has 1 aliphatic heterocycles. The monoisotopic (exact) mass is 266 g/mol. The zero-order valence-electron chi connectivity index (χ0n) is 12.2. The molecule has 4 heteroatoms. The number of carbonyl (C=O) groups is 1. The van der Waals surface area contributed by atoms with E-state index < -0.39 is 0 Å². The van der Waals surface area contributed by atoms with E-state index in [1.165, 1.54) is 32.1 Å². The molecule has 1 heterocycles. The van der Waals surface area contributed by atoms with E-state index in [-0.39, 0.29) is 23.7 Å². The van der Waals surface area contributed by atoms with Crippen LogP contribution in [0.4, 0.5) is 0 Å². The van der Waals surface area contributed by atoms with Gasteiger partial charge in [-0.25, -0.2) is 0 Å². The smallest absolute Gasteiger partial charge is 0.240 e. The molecular formula is C15H26N2O2. The van der Waals surface area contributed by atoms with Crippen LogP contribution in [0.2, 0.25) is 0 Å². The van der Waals surface area contributed by atoms with Gasteiger partial charge in [0.15, 0.2) is 0 Å². The number of rotatable bonds is 4. The molecule has 3 aliphatic rings. The summed E-state index contributed by atoms with van der Waals surface area (Å²) in [6.45, 7) is 2.77. The van der Waals surface area contributed by atoms with Crippen LogP contribution in [0, 0.1) is 5.92 Å².